The van der Waals surface area contributed by atoms with Gasteiger partial charge in [-0.3, -0.25) is 9.69 Å². The predicted octanol–water partition coefficient (Wildman–Crippen LogP) is 4.95. The van der Waals surface area contributed by atoms with E-state index in [-0.39, 0.29) is 11.4 Å². The Morgan fingerprint density at radius 3 is 2.58 bits per heavy atom. The molecule has 2 aliphatic rings. The summed E-state index contributed by atoms with van der Waals surface area (Å²) in [4.78, 5) is 14.4. The molecule has 2 aromatic rings. The number of thioether (sulfide) groups is 1. The van der Waals surface area contributed by atoms with Crippen LogP contribution in [0.25, 0.3) is 0 Å². The highest BCUT2D eigenvalue weighted by Crippen LogP contribution is 2.48. The minimum absolute atomic E-state index is 0.0181. The maximum absolute atomic E-state index is 12.0. The molecule has 31 heavy (non-hydrogen) atoms. The van der Waals surface area contributed by atoms with Gasteiger partial charge in [0.15, 0.2) is 0 Å². The summed E-state index contributed by atoms with van der Waals surface area (Å²) in [5.41, 5.74) is 2.47. The van der Waals surface area contributed by atoms with Gasteiger partial charge in [-0.05, 0) is 18.1 Å². The zero-order chi connectivity index (χ0) is 21.7. The number of rotatable bonds is 7. The number of carbonyl (C=O) groups is 1. The van der Waals surface area contributed by atoms with Crippen LogP contribution in [0, 0.1) is 5.92 Å². The van der Waals surface area contributed by atoms with Gasteiger partial charge < -0.3 is 9.84 Å². The minimum atomic E-state index is -0.794. The Labute approximate surface area is 188 Å². The average molecular weight is 436 g/mol. The van der Waals surface area contributed by atoms with E-state index in [4.69, 9.17) is 4.74 Å². The number of nitrogens with zero attached hydrogens (tertiary/aromatic N) is 1. The van der Waals surface area contributed by atoms with Crippen molar-refractivity contribution in [2.24, 2.45) is 5.92 Å². The second-order valence-electron chi connectivity index (χ2n) is 8.32. The van der Waals surface area contributed by atoms with Gasteiger partial charge >= 0.3 is 5.97 Å². The van der Waals surface area contributed by atoms with E-state index in [0.29, 0.717) is 6.61 Å². The Hall–Kier alpha value is -2.34. The van der Waals surface area contributed by atoms with Crippen molar-refractivity contribution in [2.75, 3.05) is 19.7 Å². The molecule has 0 radical (unpaired) electrons. The smallest absolute Gasteiger partial charge is 0.312 e. The highest BCUT2D eigenvalue weighted by Gasteiger charge is 2.42. The number of benzene rings is 2. The molecule has 0 aromatic heterocycles. The normalized spacial score (nSPS) is 27.1. The van der Waals surface area contributed by atoms with Crippen molar-refractivity contribution in [1.29, 1.82) is 0 Å². The molecule has 1 aliphatic carbocycles. The van der Waals surface area contributed by atoms with Crippen LogP contribution in [-0.4, -0.2) is 46.5 Å². The maximum atomic E-state index is 12.0. The molecule has 0 saturated carbocycles. The molecule has 1 fully saturated rings. The zero-order valence-electron chi connectivity index (χ0n) is 17.8. The van der Waals surface area contributed by atoms with Crippen LogP contribution in [0.5, 0.6) is 0 Å². The number of carboxylic acid groups (broad SMARTS) is 1. The minimum Gasteiger partial charge on any atom is -0.481 e. The van der Waals surface area contributed by atoms with E-state index in [2.05, 4.69) is 41.3 Å². The third-order valence-electron chi connectivity index (χ3n) is 6.00. The van der Waals surface area contributed by atoms with Crippen LogP contribution in [0.3, 0.4) is 0 Å². The fraction of sp³-hybridized carbons (Fsp3) is 0.346. The van der Waals surface area contributed by atoms with Gasteiger partial charge in [0.2, 0.25) is 0 Å². The number of hydrogen-bond acceptors (Lipinski definition) is 4. The lowest BCUT2D eigenvalue weighted by molar-refractivity contribution is -0.140. The summed E-state index contributed by atoms with van der Waals surface area (Å²) < 4.78 is 5.74. The van der Waals surface area contributed by atoms with Crippen LogP contribution in [0.4, 0.5) is 0 Å². The van der Waals surface area contributed by atoms with Crippen molar-refractivity contribution in [2.45, 2.75) is 29.6 Å². The van der Waals surface area contributed by atoms with Crippen molar-refractivity contribution in [3.63, 3.8) is 0 Å². The molecule has 1 saturated heterocycles. The number of allylic oxidation sites excluding steroid dienone is 2. The Balaban J connectivity index is 1.57. The van der Waals surface area contributed by atoms with Gasteiger partial charge in [-0.2, -0.15) is 0 Å². The van der Waals surface area contributed by atoms with Crippen LogP contribution >= 0.6 is 11.8 Å². The first-order valence-electron chi connectivity index (χ1n) is 10.7. The molecule has 4 rings (SSSR count). The standard InChI is InChI=1S/C26H29NO3S/c1-26(15-9-8-14-22(26)25(28)29)31-24(21-12-6-3-7-13-21)23-19-27(16-17-30-23)18-20-10-4-2-5-11-20/h2-15,22-24H,16-19H2,1H3,(H,28,29)/t22?,23-,24-,26?/m0/s1. The fourth-order valence-corrected chi connectivity index (χ4v) is 5.97. The van der Waals surface area contributed by atoms with Crippen LogP contribution in [0.2, 0.25) is 0 Å². The molecule has 1 N–H and O–H groups in total. The number of carboxylic acids is 1. The molecule has 2 unspecified atom stereocenters. The first-order valence-corrected chi connectivity index (χ1v) is 11.6. The molecule has 4 atom stereocenters. The SMILES string of the molecule is CC1(S[C@@H](c2ccccc2)[C@@H]2CN(Cc3ccccc3)CCO2)C=CC=CC1C(=O)O. The molecule has 4 nitrogen and oxygen atoms in total. The van der Waals surface area contributed by atoms with Gasteiger partial charge in [-0.1, -0.05) is 85.0 Å². The lowest BCUT2D eigenvalue weighted by Gasteiger charge is -2.41. The predicted molar refractivity (Wildman–Crippen MR) is 126 cm³/mol. The van der Waals surface area contributed by atoms with Crippen molar-refractivity contribution < 1.29 is 14.6 Å². The largest absolute Gasteiger partial charge is 0.481 e. The van der Waals surface area contributed by atoms with Gasteiger partial charge in [0.1, 0.15) is 0 Å². The van der Waals surface area contributed by atoms with Crippen molar-refractivity contribution >= 4 is 17.7 Å². The second-order valence-corrected chi connectivity index (χ2v) is 9.95. The molecular weight excluding hydrogens is 406 g/mol. The molecule has 162 valence electrons. The molecule has 1 aliphatic heterocycles. The number of morpholine rings is 1. The quantitative estimate of drug-likeness (QED) is 0.667. The molecule has 5 heteroatoms. The van der Waals surface area contributed by atoms with E-state index in [1.807, 2.05) is 49.4 Å². The third-order valence-corrected chi connectivity index (χ3v) is 7.73. The summed E-state index contributed by atoms with van der Waals surface area (Å²) in [7, 11) is 0. The second kappa shape index (κ2) is 9.86. The Bertz CT molecular complexity index is 930. The first kappa shape index (κ1) is 21.9. The Morgan fingerprint density at radius 2 is 1.87 bits per heavy atom. The number of aliphatic carboxylic acids is 1. The van der Waals surface area contributed by atoms with Crippen molar-refractivity contribution in [3.05, 3.63) is 96.1 Å². The van der Waals surface area contributed by atoms with Gasteiger partial charge in [0.25, 0.3) is 0 Å². The fourth-order valence-electron chi connectivity index (χ4n) is 4.33. The lowest BCUT2D eigenvalue weighted by atomic mass is 9.89. The van der Waals surface area contributed by atoms with E-state index in [1.165, 1.54) is 11.1 Å². The molecule has 0 amide bonds. The van der Waals surface area contributed by atoms with E-state index in [1.54, 1.807) is 17.8 Å². The van der Waals surface area contributed by atoms with Crippen molar-refractivity contribution in [3.8, 4) is 0 Å². The summed E-state index contributed by atoms with van der Waals surface area (Å²) in [5, 5.41) is 9.87. The van der Waals surface area contributed by atoms with E-state index < -0.39 is 16.6 Å². The third kappa shape index (κ3) is 5.29. The van der Waals surface area contributed by atoms with Gasteiger partial charge in [-0.15, -0.1) is 11.8 Å². The van der Waals surface area contributed by atoms with E-state index >= 15 is 0 Å². The van der Waals surface area contributed by atoms with Crippen LogP contribution in [-0.2, 0) is 16.1 Å². The zero-order valence-corrected chi connectivity index (χ0v) is 18.6. The average Bonchev–Trinajstić information content (AvgIpc) is 2.79. The summed E-state index contributed by atoms with van der Waals surface area (Å²) in [5.74, 6) is -1.37. The molecule has 1 heterocycles. The van der Waals surface area contributed by atoms with Gasteiger partial charge in [0.05, 0.1) is 23.9 Å². The molecular formula is C26H29NO3S. The summed E-state index contributed by atoms with van der Waals surface area (Å²) in [6, 6.07) is 20.9. The van der Waals surface area contributed by atoms with Crippen LogP contribution < -0.4 is 0 Å². The highest BCUT2D eigenvalue weighted by molar-refractivity contribution is 8.01. The van der Waals surface area contributed by atoms with Crippen LogP contribution in [0.1, 0.15) is 23.3 Å². The maximum Gasteiger partial charge on any atom is 0.312 e. The number of hydrogen-bond donors (Lipinski definition) is 1. The summed E-state index contributed by atoms with van der Waals surface area (Å²) >= 11 is 1.70. The summed E-state index contributed by atoms with van der Waals surface area (Å²) in [6.07, 6.45) is 7.59. The number of ether oxygens (including phenoxy) is 1. The first-order chi connectivity index (χ1) is 15.0. The summed E-state index contributed by atoms with van der Waals surface area (Å²) in [6.45, 7) is 5.31. The van der Waals surface area contributed by atoms with Crippen LogP contribution in [0.15, 0.2) is 85.0 Å². The monoisotopic (exact) mass is 435 g/mol. The highest BCUT2D eigenvalue weighted by atomic mass is 32.2. The molecule has 2 aromatic carbocycles. The Kier molecular flexibility index (Phi) is 6.96. The molecule has 0 spiro atoms. The van der Waals surface area contributed by atoms with Gasteiger partial charge in [-0.25, -0.2) is 0 Å². The van der Waals surface area contributed by atoms with E-state index in [0.717, 1.165) is 19.6 Å². The van der Waals surface area contributed by atoms with Gasteiger partial charge in [0, 0.05) is 24.4 Å². The van der Waals surface area contributed by atoms with E-state index in [9.17, 15) is 9.90 Å². The topological polar surface area (TPSA) is 49.8 Å². The van der Waals surface area contributed by atoms with Crippen molar-refractivity contribution in [1.82, 2.24) is 4.90 Å². The Morgan fingerprint density at radius 1 is 1.16 bits per heavy atom. The molecule has 0 bridgehead atoms. The lowest BCUT2D eigenvalue weighted by Crippen LogP contribution is -2.45.